The first-order chi connectivity index (χ1) is 11.9. The first kappa shape index (κ1) is 17.1. The Hall–Kier alpha value is -2.69. The highest BCUT2D eigenvalue weighted by Crippen LogP contribution is 2.16. The van der Waals surface area contributed by atoms with Crippen LogP contribution >= 0.6 is 22.6 Å². The number of nitrogens with zero attached hydrogens (tertiary/aromatic N) is 4. The molecule has 2 heterocycles. The van der Waals surface area contributed by atoms with Crippen molar-refractivity contribution in [1.82, 2.24) is 19.6 Å². The maximum Gasteiger partial charge on any atom is 0.277 e. The summed E-state index contributed by atoms with van der Waals surface area (Å²) in [6.45, 7) is 0. The van der Waals surface area contributed by atoms with Gasteiger partial charge in [-0.3, -0.25) is 19.0 Å². The van der Waals surface area contributed by atoms with Crippen molar-refractivity contribution in [2.45, 2.75) is 0 Å². The molecule has 3 aromatic rings. The molecular weight excluding hydrogens is 435 g/mol. The lowest BCUT2D eigenvalue weighted by atomic mass is 10.2. The number of carbonyl (C=O) groups is 2. The number of aromatic nitrogens is 4. The summed E-state index contributed by atoms with van der Waals surface area (Å²) in [5.74, 6) is -0.573. The molecule has 0 aliphatic rings. The Morgan fingerprint density at radius 3 is 2.00 bits per heavy atom. The summed E-state index contributed by atoms with van der Waals surface area (Å²) in [7, 11) is 3.51. The molecule has 128 valence electrons. The van der Waals surface area contributed by atoms with Crippen molar-refractivity contribution in [3.63, 3.8) is 0 Å². The highest BCUT2D eigenvalue weighted by molar-refractivity contribution is 14.1. The number of hydrogen-bond donors (Lipinski definition) is 2. The van der Waals surface area contributed by atoms with E-state index in [2.05, 4.69) is 43.4 Å². The van der Waals surface area contributed by atoms with E-state index < -0.39 is 0 Å². The number of carbonyl (C=O) groups excluding carboxylic acids is 2. The fraction of sp³-hybridized carbons (Fsp3) is 0.125. The number of amides is 2. The van der Waals surface area contributed by atoms with Gasteiger partial charge in [0.1, 0.15) is 0 Å². The minimum atomic E-state index is -0.291. The van der Waals surface area contributed by atoms with Gasteiger partial charge in [-0.2, -0.15) is 10.2 Å². The van der Waals surface area contributed by atoms with Gasteiger partial charge in [0, 0.05) is 37.9 Å². The SMILES string of the molecule is Cn1ccc(C(=O)Nc2ccc(NC(=O)c3nn(C)cc3I)cc2)n1. The minimum Gasteiger partial charge on any atom is -0.321 e. The van der Waals surface area contributed by atoms with Crippen LogP contribution in [-0.2, 0) is 14.1 Å². The molecule has 1 aromatic carbocycles. The summed E-state index contributed by atoms with van der Waals surface area (Å²) in [4.78, 5) is 24.3. The Bertz CT molecular complexity index is 929. The normalized spacial score (nSPS) is 10.5. The van der Waals surface area contributed by atoms with Gasteiger partial charge in [-0.05, 0) is 52.9 Å². The van der Waals surface area contributed by atoms with Gasteiger partial charge in [0.15, 0.2) is 11.4 Å². The van der Waals surface area contributed by atoms with Crippen LogP contribution in [0.5, 0.6) is 0 Å². The molecule has 0 saturated heterocycles. The van der Waals surface area contributed by atoms with E-state index in [9.17, 15) is 9.59 Å². The summed E-state index contributed by atoms with van der Waals surface area (Å²) in [5.41, 5.74) is 1.93. The van der Waals surface area contributed by atoms with E-state index in [0.29, 0.717) is 22.8 Å². The second kappa shape index (κ2) is 7.05. The molecule has 0 bridgehead atoms. The van der Waals surface area contributed by atoms with Crippen LogP contribution in [0.4, 0.5) is 11.4 Å². The molecular formula is C16H15IN6O2. The van der Waals surface area contributed by atoms with E-state index in [1.165, 1.54) is 0 Å². The van der Waals surface area contributed by atoms with Crippen molar-refractivity contribution >= 4 is 45.8 Å². The van der Waals surface area contributed by atoms with Crippen LogP contribution in [0.3, 0.4) is 0 Å². The van der Waals surface area contributed by atoms with Gasteiger partial charge in [0.25, 0.3) is 11.8 Å². The van der Waals surface area contributed by atoms with E-state index >= 15 is 0 Å². The maximum absolute atomic E-state index is 12.2. The zero-order valence-corrected chi connectivity index (χ0v) is 15.7. The van der Waals surface area contributed by atoms with Gasteiger partial charge in [0.05, 0.1) is 3.57 Å². The summed E-state index contributed by atoms with van der Waals surface area (Å²) in [5, 5.41) is 13.7. The second-order valence-corrected chi connectivity index (χ2v) is 6.52. The van der Waals surface area contributed by atoms with Gasteiger partial charge in [-0.15, -0.1) is 0 Å². The number of benzene rings is 1. The van der Waals surface area contributed by atoms with Crippen LogP contribution in [0.25, 0.3) is 0 Å². The van der Waals surface area contributed by atoms with Gasteiger partial charge >= 0.3 is 0 Å². The Morgan fingerprint density at radius 1 is 0.920 bits per heavy atom. The molecule has 0 radical (unpaired) electrons. The minimum absolute atomic E-state index is 0.282. The molecule has 8 nitrogen and oxygen atoms in total. The van der Waals surface area contributed by atoms with Gasteiger partial charge in [-0.25, -0.2) is 0 Å². The molecule has 0 saturated carbocycles. The molecule has 0 aliphatic carbocycles. The van der Waals surface area contributed by atoms with Crippen LogP contribution in [0.1, 0.15) is 21.0 Å². The van der Waals surface area contributed by atoms with E-state index in [-0.39, 0.29) is 11.8 Å². The smallest absolute Gasteiger partial charge is 0.277 e. The van der Waals surface area contributed by atoms with E-state index in [1.807, 2.05) is 0 Å². The molecule has 0 unspecified atom stereocenters. The van der Waals surface area contributed by atoms with Crippen molar-refractivity contribution < 1.29 is 9.59 Å². The summed E-state index contributed by atoms with van der Waals surface area (Å²) in [6, 6.07) is 8.47. The molecule has 9 heteroatoms. The predicted molar refractivity (Wildman–Crippen MR) is 101 cm³/mol. The molecule has 0 aliphatic heterocycles. The number of aryl methyl sites for hydroxylation is 2. The van der Waals surface area contributed by atoms with Crippen LogP contribution in [0.2, 0.25) is 0 Å². The number of halogens is 1. The largest absolute Gasteiger partial charge is 0.321 e. The van der Waals surface area contributed by atoms with Crippen molar-refractivity contribution in [1.29, 1.82) is 0 Å². The standard InChI is InChI=1S/C16H15IN6O2/c1-22-8-7-13(20-22)15(24)18-10-3-5-11(6-4-10)19-16(25)14-12(17)9-23(2)21-14/h3-9H,1-2H3,(H,18,24)(H,19,25). The third-order valence-corrected chi connectivity index (χ3v) is 4.14. The predicted octanol–water partition coefficient (Wildman–Crippen LogP) is 2.26. The first-order valence-electron chi connectivity index (χ1n) is 7.34. The van der Waals surface area contributed by atoms with Gasteiger partial charge in [0.2, 0.25) is 0 Å². The van der Waals surface area contributed by atoms with Crippen LogP contribution < -0.4 is 10.6 Å². The van der Waals surface area contributed by atoms with Gasteiger partial charge in [-0.1, -0.05) is 0 Å². The lowest BCUT2D eigenvalue weighted by molar-refractivity contribution is 0.101. The topological polar surface area (TPSA) is 93.8 Å². The summed E-state index contributed by atoms with van der Waals surface area (Å²) in [6.07, 6.45) is 3.47. The molecule has 0 atom stereocenters. The van der Waals surface area contributed by atoms with E-state index in [4.69, 9.17) is 0 Å². The van der Waals surface area contributed by atoms with Crippen molar-refractivity contribution in [2.24, 2.45) is 14.1 Å². The van der Waals surface area contributed by atoms with Crippen LogP contribution in [0, 0.1) is 3.57 Å². The number of anilines is 2. The Morgan fingerprint density at radius 2 is 1.52 bits per heavy atom. The summed E-state index contributed by atoms with van der Waals surface area (Å²) >= 11 is 2.07. The van der Waals surface area contributed by atoms with E-state index in [0.717, 1.165) is 3.57 Å². The van der Waals surface area contributed by atoms with Crippen LogP contribution in [0.15, 0.2) is 42.7 Å². The van der Waals surface area contributed by atoms with Crippen LogP contribution in [-0.4, -0.2) is 31.4 Å². The average Bonchev–Trinajstić information content (AvgIpc) is 3.14. The maximum atomic E-state index is 12.2. The summed E-state index contributed by atoms with van der Waals surface area (Å²) < 4.78 is 3.93. The van der Waals surface area contributed by atoms with Crippen molar-refractivity contribution in [3.05, 3.63) is 57.7 Å². The number of nitrogens with one attached hydrogen (secondary N) is 2. The molecule has 0 fully saturated rings. The molecule has 25 heavy (non-hydrogen) atoms. The zero-order valence-electron chi connectivity index (χ0n) is 13.5. The Labute approximate surface area is 157 Å². The highest BCUT2D eigenvalue weighted by atomic mass is 127. The zero-order chi connectivity index (χ0) is 18.0. The molecule has 0 spiro atoms. The monoisotopic (exact) mass is 450 g/mol. The van der Waals surface area contributed by atoms with E-state index in [1.54, 1.807) is 66.2 Å². The third kappa shape index (κ3) is 4.05. The lowest BCUT2D eigenvalue weighted by Crippen LogP contribution is -2.15. The molecule has 2 N–H and O–H groups in total. The third-order valence-electron chi connectivity index (χ3n) is 3.35. The number of hydrogen-bond acceptors (Lipinski definition) is 4. The lowest BCUT2D eigenvalue weighted by Gasteiger charge is -2.06. The fourth-order valence-corrected chi connectivity index (χ4v) is 2.93. The highest BCUT2D eigenvalue weighted by Gasteiger charge is 2.14. The second-order valence-electron chi connectivity index (χ2n) is 5.36. The van der Waals surface area contributed by atoms with Crippen molar-refractivity contribution in [2.75, 3.05) is 10.6 Å². The number of rotatable bonds is 4. The van der Waals surface area contributed by atoms with Crippen molar-refractivity contribution in [3.8, 4) is 0 Å². The molecule has 3 rings (SSSR count). The molecule has 2 aromatic heterocycles. The average molecular weight is 450 g/mol. The first-order valence-corrected chi connectivity index (χ1v) is 8.42. The molecule has 2 amide bonds. The Balaban J connectivity index is 1.65. The Kier molecular flexibility index (Phi) is 4.83. The quantitative estimate of drug-likeness (QED) is 0.597. The fourth-order valence-electron chi connectivity index (χ4n) is 2.17. The van der Waals surface area contributed by atoms with Gasteiger partial charge < -0.3 is 10.6 Å².